The van der Waals surface area contributed by atoms with Gasteiger partial charge in [-0.15, -0.1) is 0 Å². The van der Waals surface area contributed by atoms with Crippen LogP contribution in [-0.4, -0.2) is 0 Å². The van der Waals surface area contributed by atoms with E-state index in [0.717, 1.165) is 34.1 Å². The van der Waals surface area contributed by atoms with Gasteiger partial charge < -0.3 is 9.80 Å². The van der Waals surface area contributed by atoms with Gasteiger partial charge in [-0.3, -0.25) is 0 Å². The zero-order chi connectivity index (χ0) is 47.1. The van der Waals surface area contributed by atoms with Crippen molar-refractivity contribution in [2.75, 3.05) is 9.80 Å². The van der Waals surface area contributed by atoms with E-state index in [2.05, 4.69) is 289 Å². The largest absolute Gasteiger partial charge is 0.311 e. The lowest BCUT2D eigenvalue weighted by Gasteiger charge is -2.35. The Morgan fingerprint density at radius 3 is 1.13 bits per heavy atom. The number of para-hydroxylation sites is 3. The Balaban J connectivity index is 0.935. The normalized spacial score (nSPS) is 14.1. The van der Waals surface area contributed by atoms with E-state index in [-0.39, 0.29) is 0 Å². The molecule has 1 atom stereocenters. The molecule has 11 aromatic carbocycles. The molecule has 1 unspecified atom stereocenters. The van der Waals surface area contributed by atoms with Crippen LogP contribution in [0.5, 0.6) is 0 Å². The Morgan fingerprint density at radius 2 is 0.620 bits per heavy atom. The summed E-state index contributed by atoms with van der Waals surface area (Å²) in [5.41, 5.74) is 18.5. The fourth-order valence-corrected chi connectivity index (χ4v) is 13.2. The average molecular weight is 943 g/mol. The number of hydrogen-bond donors (Lipinski definition) is 0. The highest BCUT2D eigenvalue weighted by atomic mass is 32.2. The highest BCUT2D eigenvalue weighted by molar-refractivity contribution is 8.05. The predicted octanol–water partition coefficient (Wildman–Crippen LogP) is 18.9. The summed E-state index contributed by atoms with van der Waals surface area (Å²) < 4.78 is 0. The summed E-state index contributed by atoms with van der Waals surface area (Å²) in [7, 11) is 0. The van der Waals surface area contributed by atoms with Crippen molar-refractivity contribution in [3.63, 3.8) is 0 Å². The smallest absolute Gasteiger partial charge is 0.0714 e. The molecule has 0 N–H and O–H groups in total. The number of benzene rings is 11. The van der Waals surface area contributed by atoms with Crippen LogP contribution >= 0.6 is 23.5 Å². The summed E-state index contributed by atoms with van der Waals surface area (Å²) in [5.74, 6) is 0. The molecule has 0 bridgehead atoms. The summed E-state index contributed by atoms with van der Waals surface area (Å²) in [6.07, 6.45) is 0. The van der Waals surface area contributed by atoms with Crippen molar-refractivity contribution >= 4 is 57.6 Å². The Kier molecular flexibility index (Phi) is 11.0. The first-order valence-electron chi connectivity index (χ1n) is 24.2. The summed E-state index contributed by atoms with van der Waals surface area (Å²) in [6, 6.07) is 102. The fourth-order valence-electron chi connectivity index (χ4n) is 10.8. The van der Waals surface area contributed by atoms with Gasteiger partial charge in [0.15, 0.2) is 0 Å². The third-order valence-electron chi connectivity index (χ3n) is 14.0. The monoisotopic (exact) mass is 942 g/mol. The van der Waals surface area contributed by atoms with E-state index in [9.17, 15) is 0 Å². The topological polar surface area (TPSA) is 6.48 Å². The van der Waals surface area contributed by atoms with E-state index in [0.29, 0.717) is 0 Å². The van der Waals surface area contributed by atoms with Crippen molar-refractivity contribution in [1.82, 2.24) is 0 Å². The quantitative estimate of drug-likeness (QED) is 0.135. The van der Waals surface area contributed by atoms with Gasteiger partial charge in [-0.2, -0.15) is 0 Å². The molecule has 0 amide bonds. The van der Waals surface area contributed by atoms with Crippen molar-refractivity contribution < 1.29 is 0 Å². The molecule has 0 saturated carbocycles. The van der Waals surface area contributed by atoms with Crippen LogP contribution in [0.15, 0.2) is 299 Å². The van der Waals surface area contributed by atoms with E-state index in [4.69, 9.17) is 0 Å². The molecule has 0 radical (unpaired) electrons. The van der Waals surface area contributed by atoms with Gasteiger partial charge in [0.25, 0.3) is 0 Å². The Labute approximate surface area is 424 Å². The minimum Gasteiger partial charge on any atom is -0.311 e. The number of anilines is 6. The molecule has 0 saturated heterocycles. The molecule has 0 fully saturated rings. The summed E-state index contributed by atoms with van der Waals surface area (Å²) in [4.78, 5) is 9.94. The Bertz CT molecular complexity index is 3620. The molecule has 0 aromatic heterocycles. The molecular weight excluding hydrogens is 897 g/mol. The molecular formula is C67H46N2S2. The SMILES string of the molecule is c1ccc(-c2ccc(N(c3ccccc3)c3ccc(C4(c5ccc(-c6ccc(N(c7ccccc7)c7ccccc7)cc6)cc5)c5ccccc5-c5c4ccc4c5Sc5ccccc5S4)cc3)cc2)cc1. The van der Waals surface area contributed by atoms with Crippen molar-refractivity contribution in [3.05, 3.63) is 301 Å². The van der Waals surface area contributed by atoms with Gasteiger partial charge in [0, 0.05) is 59.3 Å². The number of hydrogen-bond acceptors (Lipinski definition) is 4. The van der Waals surface area contributed by atoms with Crippen molar-refractivity contribution in [3.8, 4) is 33.4 Å². The second-order valence-electron chi connectivity index (χ2n) is 18.0. The molecule has 2 aliphatic rings. The highest BCUT2D eigenvalue weighted by Gasteiger charge is 2.48. The maximum Gasteiger partial charge on any atom is 0.0714 e. The van der Waals surface area contributed by atoms with E-state index in [1.54, 1.807) is 0 Å². The third kappa shape index (κ3) is 7.55. The minimum atomic E-state index is -0.592. The molecule has 11 aromatic rings. The maximum atomic E-state index is 2.42. The van der Waals surface area contributed by atoms with Crippen molar-refractivity contribution in [1.29, 1.82) is 0 Å². The molecule has 1 aliphatic heterocycles. The first kappa shape index (κ1) is 42.8. The fraction of sp³-hybridized carbons (Fsp3) is 0.0149. The average Bonchev–Trinajstić information content (AvgIpc) is 3.76. The first-order valence-corrected chi connectivity index (χ1v) is 25.8. The standard InChI is InChI=1S/C67H46N2S2/c1-5-17-47(18-6-1)49-31-39-57(40-32-49)69(55-23-11-4-12-24-55)58-43-37-52(38-44-58)67(60-26-14-13-25-59(60)65-61(67)45-46-64-66(65)71-63-28-16-15-27-62(63)70-64)51-35-29-48(30-36-51)50-33-41-56(42-34-50)68(53-19-7-2-8-20-53)54-21-9-3-10-22-54/h1-46H. The minimum absolute atomic E-state index is 0.592. The van der Waals surface area contributed by atoms with E-state index in [1.165, 1.54) is 75.2 Å². The van der Waals surface area contributed by atoms with Crippen LogP contribution in [0.4, 0.5) is 34.1 Å². The van der Waals surface area contributed by atoms with Crippen LogP contribution < -0.4 is 9.80 Å². The lowest BCUT2D eigenvalue weighted by Crippen LogP contribution is -2.28. The lowest BCUT2D eigenvalue weighted by molar-refractivity contribution is 0.766. The van der Waals surface area contributed by atoms with Gasteiger partial charge in [-0.05, 0) is 141 Å². The van der Waals surface area contributed by atoms with Gasteiger partial charge in [-0.1, -0.05) is 212 Å². The van der Waals surface area contributed by atoms with Gasteiger partial charge in [0.2, 0.25) is 0 Å². The van der Waals surface area contributed by atoms with Gasteiger partial charge in [0.05, 0.1) is 5.41 Å². The molecule has 4 heteroatoms. The van der Waals surface area contributed by atoms with Gasteiger partial charge >= 0.3 is 0 Å². The first-order chi connectivity index (χ1) is 35.2. The number of rotatable bonds is 10. The van der Waals surface area contributed by atoms with Gasteiger partial charge in [-0.25, -0.2) is 0 Å². The van der Waals surface area contributed by atoms with Crippen LogP contribution in [0.3, 0.4) is 0 Å². The predicted molar refractivity (Wildman–Crippen MR) is 299 cm³/mol. The van der Waals surface area contributed by atoms with Crippen LogP contribution in [0.2, 0.25) is 0 Å². The number of nitrogens with zero attached hydrogens (tertiary/aromatic N) is 2. The molecule has 2 nitrogen and oxygen atoms in total. The zero-order valence-corrected chi connectivity index (χ0v) is 40.4. The molecule has 0 spiro atoms. The molecule has 1 aliphatic carbocycles. The molecule has 336 valence electrons. The molecule has 1 heterocycles. The second kappa shape index (κ2) is 18.2. The summed E-state index contributed by atoms with van der Waals surface area (Å²) in [5, 5.41) is 0. The van der Waals surface area contributed by atoms with Crippen molar-refractivity contribution in [2.24, 2.45) is 0 Å². The molecule has 13 rings (SSSR count). The van der Waals surface area contributed by atoms with Crippen LogP contribution in [-0.2, 0) is 5.41 Å². The molecule has 71 heavy (non-hydrogen) atoms. The Morgan fingerprint density at radius 1 is 0.254 bits per heavy atom. The van der Waals surface area contributed by atoms with Crippen LogP contribution in [0, 0.1) is 0 Å². The number of fused-ring (bicyclic) bond motifs is 6. The van der Waals surface area contributed by atoms with Crippen molar-refractivity contribution in [2.45, 2.75) is 25.0 Å². The maximum absolute atomic E-state index is 2.42. The zero-order valence-electron chi connectivity index (χ0n) is 38.8. The summed E-state index contributed by atoms with van der Waals surface area (Å²) in [6.45, 7) is 0. The van der Waals surface area contributed by atoms with E-state index >= 15 is 0 Å². The highest BCUT2D eigenvalue weighted by Crippen LogP contribution is 2.62. The Hall–Kier alpha value is -8.28. The van der Waals surface area contributed by atoms with E-state index < -0.39 is 5.41 Å². The summed E-state index contributed by atoms with van der Waals surface area (Å²) >= 11 is 3.80. The van der Waals surface area contributed by atoms with Crippen LogP contribution in [0.1, 0.15) is 22.3 Å². The lowest BCUT2D eigenvalue weighted by atomic mass is 9.67. The van der Waals surface area contributed by atoms with E-state index in [1.807, 2.05) is 23.5 Å². The van der Waals surface area contributed by atoms with Crippen LogP contribution in [0.25, 0.3) is 33.4 Å². The van der Waals surface area contributed by atoms with Gasteiger partial charge in [0.1, 0.15) is 0 Å². The third-order valence-corrected chi connectivity index (χ3v) is 16.6. The second-order valence-corrected chi connectivity index (χ2v) is 20.2.